The molecule has 0 spiro atoms. The van der Waals surface area contributed by atoms with Gasteiger partial charge in [0.15, 0.2) is 0 Å². The van der Waals surface area contributed by atoms with E-state index >= 15 is 0 Å². The van der Waals surface area contributed by atoms with Crippen LogP contribution in [0.1, 0.15) is 32.6 Å². The van der Waals surface area contributed by atoms with E-state index in [1.807, 2.05) is 30.5 Å². The van der Waals surface area contributed by atoms with Gasteiger partial charge in [0.05, 0.1) is 12.4 Å². The average Bonchev–Trinajstić information content (AvgIpc) is 3.01. The molecular weight excluding hydrogens is 312 g/mol. The van der Waals surface area contributed by atoms with Crippen molar-refractivity contribution in [1.29, 1.82) is 0 Å². The molecule has 1 heterocycles. The molecule has 5 nitrogen and oxygen atoms in total. The van der Waals surface area contributed by atoms with E-state index in [2.05, 4.69) is 9.71 Å². The molecule has 2 atom stereocenters. The van der Waals surface area contributed by atoms with Crippen molar-refractivity contribution in [3.63, 3.8) is 0 Å². The van der Waals surface area contributed by atoms with Gasteiger partial charge in [-0.3, -0.25) is 0 Å². The number of sulfonamides is 1. The Kier molecular flexibility index (Phi) is 4.92. The largest absolute Gasteiger partial charge is 0.493 e. The Morgan fingerprint density at radius 1 is 1.26 bits per heavy atom. The molecule has 0 bridgehead atoms. The number of rotatable bonds is 6. The second-order valence-corrected chi connectivity index (χ2v) is 8.25. The summed E-state index contributed by atoms with van der Waals surface area (Å²) in [6.45, 7) is 2.21. The highest BCUT2D eigenvalue weighted by molar-refractivity contribution is 7.89. The van der Waals surface area contributed by atoms with Crippen molar-refractivity contribution < 1.29 is 13.2 Å². The monoisotopic (exact) mass is 336 g/mol. The first-order valence-electron chi connectivity index (χ1n) is 8.27. The molecule has 126 valence electrons. The summed E-state index contributed by atoms with van der Waals surface area (Å²) in [5, 5.41) is 1.16. The molecule has 6 heteroatoms. The highest BCUT2D eigenvalue weighted by Gasteiger charge is 2.28. The lowest BCUT2D eigenvalue weighted by molar-refractivity contribution is 0.180. The van der Waals surface area contributed by atoms with E-state index in [1.165, 1.54) is 0 Å². The van der Waals surface area contributed by atoms with E-state index in [4.69, 9.17) is 4.74 Å². The molecule has 1 aromatic heterocycles. The Bertz CT molecular complexity index is 754. The first kappa shape index (κ1) is 16.3. The molecule has 1 aliphatic carbocycles. The van der Waals surface area contributed by atoms with Gasteiger partial charge in [-0.1, -0.05) is 12.8 Å². The van der Waals surface area contributed by atoms with Crippen LogP contribution in [-0.4, -0.2) is 31.8 Å². The predicted molar refractivity (Wildman–Crippen MR) is 92.1 cm³/mol. The molecule has 0 saturated heterocycles. The fourth-order valence-corrected chi connectivity index (χ4v) is 4.13. The molecule has 0 radical (unpaired) electrons. The lowest BCUT2D eigenvalue weighted by Crippen LogP contribution is -2.44. The predicted octanol–water partition coefficient (Wildman–Crippen LogP) is 3.04. The smallest absolute Gasteiger partial charge is 0.211 e. The normalized spacial score (nSPS) is 22.3. The minimum atomic E-state index is -3.17. The second kappa shape index (κ2) is 6.93. The number of hydrogen-bond donors (Lipinski definition) is 2. The highest BCUT2D eigenvalue weighted by atomic mass is 32.2. The highest BCUT2D eigenvalue weighted by Crippen LogP contribution is 2.27. The zero-order valence-corrected chi connectivity index (χ0v) is 14.2. The topological polar surface area (TPSA) is 71.2 Å². The van der Waals surface area contributed by atoms with Crippen molar-refractivity contribution in [3.8, 4) is 5.75 Å². The summed E-state index contributed by atoms with van der Waals surface area (Å²) >= 11 is 0. The van der Waals surface area contributed by atoms with Crippen LogP contribution in [0, 0.1) is 5.92 Å². The summed E-state index contributed by atoms with van der Waals surface area (Å²) in [6.07, 6.45) is 6.01. The van der Waals surface area contributed by atoms with Crippen LogP contribution in [0.4, 0.5) is 0 Å². The van der Waals surface area contributed by atoms with Crippen molar-refractivity contribution >= 4 is 20.9 Å². The number of fused-ring (bicyclic) bond motifs is 1. The molecular formula is C17H24N2O3S. The molecule has 1 fully saturated rings. The van der Waals surface area contributed by atoms with Crippen molar-refractivity contribution in [1.82, 2.24) is 9.71 Å². The quantitative estimate of drug-likeness (QED) is 0.852. The van der Waals surface area contributed by atoms with E-state index in [-0.39, 0.29) is 17.7 Å². The summed E-state index contributed by atoms with van der Waals surface area (Å²) in [5.74, 6) is 1.17. The number of benzene rings is 1. The van der Waals surface area contributed by atoms with E-state index in [1.54, 1.807) is 6.92 Å². The van der Waals surface area contributed by atoms with Crippen molar-refractivity contribution in [3.05, 3.63) is 30.5 Å². The number of hydrogen-bond acceptors (Lipinski definition) is 3. The number of aromatic amines is 1. The molecule has 23 heavy (non-hydrogen) atoms. The third-order valence-electron chi connectivity index (χ3n) is 4.61. The minimum absolute atomic E-state index is 0.0112. The SMILES string of the molecule is CCS(=O)(=O)NC1CCCCC1COc1ccc2cc[nH]c2c1. The van der Waals surface area contributed by atoms with Gasteiger partial charge in [0, 0.05) is 29.7 Å². The molecule has 2 aromatic rings. The van der Waals surface area contributed by atoms with Gasteiger partial charge in [-0.25, -0.2) is 13.1 Å². The van der Waals surface area contributed by atoms with Gasteiger partial charge in [-0.15, -0.1) is 0 Å². The molecule has 2 unspecified atom stereocenters. The van der Waals surface area contributed by atoms with Gasteiger partial charge in [-0.2, -0.15) is 0 Å². The standard InChI is InChI=1S/C17H24N2O3S/c1-2-23(20,21)19-16-6-4-3-5-14(16)12-22-15-8-7-13-9-10-18-17(13)11-15/h7-11,14,16,18-19H,2-6,12H2,1H3. The van der Waals surface area contributed by atoms with Gasteiger partial charge in [0.25, 0.3) is 0 Å². The second-order valence-electron chi connectivity index (χ2n) is 6.21. The number of aromatic nitrogens is 1. The van der Waals surface area contributed by atoms with Gasteiger partial charge >= 0.3 is 0 Å². The van der Waals surface area contributed by atoms with E-state index < -0.39 is 10.0 Å². The van der Waals surface area contributed by atoms with Gasteiger partial charge < -0.3 is 9.72 Å². The fraction of sp³-hybridized carbons (Fsp3) is 0.529. The lowest BCUT2D eigenvalue weighted by atomic mass is 9.86. The first-order valence-corrected chi connectivity index (χ1v) is 9.92. The Morgan fingerprint density at radius 2 is 2.09 bits per heavy atom. The van der Waals surface area contributed by atoms with Crippen molar-refractivity contribution in [2.75, 3.05) is 12.4 Å². The van der Waals surface area contributed by atoms with Crippen LogP contribution in [-0.2, 0) is 10.0 Å². The lowest BCUT2D eigenvalue weighted by Gasteiger charge is -2.31. The maximum Gasteiger partial charge on any atom is 0.211 e. The summed E-state index contributed by atoms with van der Waals surface area (Å²) in [4.78, 5) is 3.17. The van der Waals surface area contributed by atoms with E-state index in [0.717, 1.165) is 42.3 Å². The van der Waals surface area contributed by atoms with Gasteiger partial charge in [-0.05, 0) is 43.4 Å². The van der Waals surface area contributed by atoms with Crippen LogP contribution in [0.2, 0.25) is 0 Å². The number of nitrogens with one attached hydrogen (secondary N) is 2. The maximum atomic E-state index is 11.8. The van der Waals surface area contributed by atoms with Crippen LogP contribution >= 0.6 is 0 Å². The summed E-state index contributed by atoms with van der Waals surface area (Å²) in [5.41, 5.74) is 1.05. The Morgan fingerprint density at radius 3 is 2.91 bits per heavy atom. The van der Waals surface area contributed by atoms with Gasteiger partial charge in [0.1, 0.15) is 5.75 Å². The zero-order valence-electron chi connectivity index (χ0n) is 13.4. The van der Waals surface area contributed by atoms with Crippen LogP contribution < -0.4 is 9.46 Å². The Labute approximate surface area is 137 Å². The van der Waals surface area contributed by atoms with Crippen LogP contribution in [0.25, 0.3) is 10.9 Å². The summed E-state index contributed by atoms with van der Waals surface area (Å²) < 4.78 is 32.5. The zero-order chi connectivity index (χ0) is 16.3. The first-order chi connectivity index (χ1) is 11.1. The molecule has 2 N–H and O–H groups in total. The van der Waals surface area contributed by atoms with Crippen molar-refractivity contribution in [2.24, 2.45) is 5.92 Å². The van der Waals surface area contributed by atoms with E-state index in [0.29, 0.717) is 6.61 Å². The summed E-state index contributed by atoms with van der Waals surface area (Å²) in [7, 11) is -3.17. The number of ether oxygens (including phenoxy) is 1. The molecule has 1 aromatic carbocycles. The molecule has 1 aliphatic rings. The Hall–Kier alpha value is -1.53. The fourth-order valence-electron chi connectivity index (χ4n) is 3.20. The summed E-state index contributed by atoms with van der Waals surface area (Å²) in [6, 6.07) is 7.99. The third-order valence-corrected chi connectivity index (χ3v) is 6.03. The van der Waals surface area contributed by atoms with Crippen molar-refractivity contribution in [2.45, 2.75) is 38.6 Å². The minimum Gasteiger partial charge on any atom is -0.493 e. The van der Waals surface area contributed by atoms with Crippen LogP contribution in [0.3, 0.4) is 0 Å². The van der Waals surface area contributed by atoms with Crippen LogP contribution in [0.5, 0.6) is 5.75 Å². The maximum absolute atomic E-state index is 11.8. The number of H-pyrrole nitrogens is 1. The van der Waals surface area contributed by atoms with E-state index in [9.17, 15) is 8.42 Å². The average molecular weight is 336 g/mol. The molecule has 1 saturated carbocycles. The molecule has 3 rings (SSSR count). The third kappa shape index (κ3) is 4.06. The van der Waals surface area contributed by atoms with Gasteiger partial charge in [0.2, 0.25) is 10.0 Å². The molecule has 0 aliphatic heterocycles. The Balaban J connectivity index is 1.64. The molecule has 0 amide bonds. The van der Waals surface area contributed by atoms with Crippen LogP contribution in [0.15, 0.2) is 30.5 Å².